The van der Waals surface area contributed by atoms with Crippen LogP contribution in [0, 0.1) is 12.3 Å². The molecule has 1 N–H and O–H groups in total. The minimum Gasteiger partial charge on any atom is -0.314 e. The summed E-state index contributed by atoms with van der Waals surface area (Å²) in [7, 11) is 0. The summed E-state index contributed by atoms with van der Waals surface area (Å²) in [5.74, 6) is 0. The highest BCUT2D eigenvalue weighted by Gasteiger charge is 2.18. The molecule has 0 fully saturated rings. The molecule has 0 radical (unpaired) electrons. The summed E-state index contributed by atoms with van der Waals surface area (Å²) in [5, 5.41) is 7.83. The molecule has 3 heteroatoms. The van der Waals surface area contributed by atoms with Gasteiger partial charge in [-0.05, 0) is 37.8 Å². The van der Waals surface area contributed by atoms with Gasteiger partial charge in [0.1, 0.15) is 0 Å². The predicted octanol–water partition coefficient (Wildman–Crippen LogP) is 2.61. The van der Waals surface area contributed by atoms with Crippen LogP contribution in [0.5, 0.6) is 0 Å². The van der Waals surface area contributed by atoms with Crippen LogP contribution in [0.1, 0.15) is 39.7 Å². The molecule has 92 valence electrons. The second kappa shape index (κ2) is 5.48. The molecule has 16 heavy (non-hydrogen) atoms. The number of rotatable bonds is 5. The van der Waals surface area contributed by atoms with Crippen LogP contribution in [0.3, 0.4) is 0 Å². The van der Waals surface area contributed by atoms with E-state index in [4.69, 9.17) is 0 Å². The van der Waals surface area contributed by atoms with Gasteiger partial charge in [0.15, 0.2) is 0 Å². The Morgan fingerprint density at radius 3 is 2.62 bits per heavy atom. The second-order valence-electron chi connectivity index (χ2n) is 5.68. The monoisotopic (exact) mass is 223 g/mol. The summed E-state index contributed by atoms with van der Waals surface area (Å²) in [5.41, 5.74) is 1.57. The number of hydrogen-bond acceptors (Lipinski definition) is 2. The zero-order valence-electron chi connectivity index (χ0n) is 11.2. The lowest BCUT2D eigenvalue weighted by molar-refractivity contribution is 0.284. The first kappa shape index (κ1) is 13.2. The Morgan fingerprint density at radius 2 is 2.12 bits per heavy atom. The Balaban J connectivity index is 2.17. The Morgan fingerprint density at radius 1 is 1.44 bits per heavy atom. The van der Waals surface area contributed by atoms with Gasteiger partial charge >= 0.3 is 0 Å². The normalized spacial score (nSPS) is 14.1. The third kappa shape index (κ3) is 4.35. The van der Waals surface area contributed by atoms with Crippen molar-refractivity contribution >= 4 is 0 Å². The van der Waals surface area contributed by atoms with Crippen LogP contribution in [-0.4, -0.2) is 22.4 Å². The van der Waals surface area contributed by atoms with E-state index in [1.165, 1.54) is 5.56 Å². The third-order valence-corrected chi connectivity index (χ3v) is 3.08. The average Bonchev–Trinajstić information content (AvgIpc) is 2.57. The number of aromatic nitrogens is 2. The van der Waals surface area contributed by atoms with Crippen LogP contribution < -0.4 is 5.32 Å². The molecular formula is C13H25N3. The molecule has 0 aliphatic carbocycles. The maximum absolute atomic E-state index is 4.27. The fourth-order valence-corrected chi connectivity index (χ4v) is 1.46. The molecule has 0 aliphatic heterocycles. The van der Waals surface area contributed by atoms with Gasteiger partial charge in [-0.25, -0.2) is 0 Å². The predicted molar refractivity (Wildman–Crippen MR) is 68.5 cm³/mol. The van der Waals surface area contributed by atoms with E-state index in [1.54, 1.807) is 0 Å². The molecular weight excluding hydrogens is 198 g/mol. The Kier molecular flexibility index (Phi) is 4.54. The molecule has 1 rings (SSSR count). The number of aryl methyl sites for hydroxylation is 2. The van der Waals surface area contributed by atoms with Crippen LogP contribution >= 0.6 is 0 Å². The van der Waals surface area contributed by atoms with Crippen molar-refractivity contribution in [3.63, 3.8) is 0 Å². The quantitative estimate of drug-likeness (QED) is 0.778. The molecule has 0 amide bonds. The van der Waals surface area contributed by atoms with E-state index in [1.807, 2.05) is 10.9 Å². The fraction of sp³-hybridized carbons (Fsp3) is 0.769. The van der Waals surface area contributed by atoms with E-state index in [0.717, 1.165) is 19.5 Å². The Hall–Kier alpha value is -0.830. The molecule has 1 heterocycles. The van der Waals surface area contributed by atoms with Gasteiger partial charge in [-0.2, -0.15) is 5.10 Å². The summed E-state index contributed by atoms with van der Waals surface area (Å²) in [6, 6.07) is 0.548. The molecule has 0 aliphatic rings. The van der Waals surface area contributed by atoms with Crippen molar-refractivity contribution < 1.29 is 0 Å². The van der Waals surface area contributed by atoms with Gasteiger partial charge in [-0.15, -0.1) is 0 Å². The SMILES string of the molecule is Cc1cnn(CCCNC(C)C(C)(C)C)c1. The molecule has 3 nitrogen and oxygen atoms in total. The van der Waals surface area contributed by atoms with Gasteiger partial charge in [0.05, 0.1) is 6.20 Å². The fourth-order valence-electron chi connectivity index (χ4n) is 1.46. The molecule has 0 aromatic carbocycles. The van der Waals surface area contributed by atoms with Crippen LogP contribution in [0.4, 0.5) is 0 Å². The van der Waals surface area contributed by atoms with E-state index in [9.17, 15) is 0 Å². The van der Waals surface area contributed by atoms with Crippen molar-refractivity contribution in [2.24, 2.45) is 5.41 Å². The lowest BCUT2D eigenvalue weighted by atomic mass is 9.88. The van der Waals surface area contributed by atoms with Crippen LogP contribution in [-0.2, 0) is 6.54 Å². The third-order valence-electron chi connectivity index (χ3n) is 3.08. The van der Waals surface area contributed by atoms with Crippen molar-refractivity contribution in [3.8, 4) is 0 Å². The average molecular weight is 223 g/mol. The highest BCUT2D eigenvalue weighted by atomic mass is 15.3. The number of nitrogens with zero attached hydrogens (tertiary/aromatic N) is 2. The summed E-state index contributed by atoms with van der Waals surface area (Å²) in [4.78, 5) is 0. The smallest absolute Gasteiger partial charge is 0.0518 e. The van der Waals surface area contributed by atoms with Gasteiger partial charge in [0.25, 0.3) is 0 Å². The minimum atomic E-state index is 0.336. The van der Waals surface area contributed by atoms with Gasteiger partial charge in [0, 0.05) is 18.8 Å². The highest BCUT2D eigenvalue weighted by Crippen LogP contribution is 2.18. The van der Waals surface area contributed by atoms with Crippen LogP contribution in [0.2, 0.25) is 0 Å². The molecule has 1 aromatic heterocycles. The first-order valence-corrected chi connectivity index (χ1v) is 6.12. The number of nitrogens with one attached hydrogen (secondary N) is 1. The van der Waals surface area contributed by atoms with E-state index in [0.29, 0.717) is 11.5 Å². The summed E-state index contributed by atoms with van der Waals surface area (Å²) in [6.07, 6.45) is 5.12. The van der Waals surface area contributed by atoms with Crippen molar-refractivity contribution in [2.75, 3.05) is 6.54 Å². The molecule has 1 aromatic rings. The van der Waals surface area contributed by atoms with Crippen LogP contribution in [0.15, 0.2) is 12.4 Å². The highest BCUT2D eigenvalue weighted by molar-refractivity contribution is 4.99. The second-order valence-corrected chi connectivity index (χ2v) is 5.68. The van der Waals surface area contributed by atoms with Gasteiger partial charge in [-0.1, -0.05) is 20.8 Å². The van der Waals surface area contributed by atoms with Crippen molar-refractivity contribution in [3.05, 3.63) is 18.0 Å². The maximum Gasteiger partial charge on any atom is 0.0518 e. The first-order chi connectivity index (χ1) is 7.39. The lowest BCUT2D eigenvalue weighted by Crippen LogP contribution is -2.38. The zero-order chi connectivity index (χ0) is 12.2. The van der Waals surface area contributed by atoms with E-state index >= 15 is 0 Å². The lowest BCUT2D eigenvalue weighted by Gasteiger charge is -2.28. The van der Waals surface area contributed by atoms with E-state index < -0.39 is 0 Å². The Labute approximate surface area is 99.2 Å². The summed E-state index contributed by atoms with van der Waals surface area (Å²) >= 11 is 0. The van der Waals surface area contributed by atoms with Crippen molar-refractivity contribution in [1.82, 2.24) is 15.1 Å². The molecule has 0 bridgehead atoms. The maximum atomic E-state index is 4.27. The van der Waals surface area contributed by atoms with Crippen molar-refractivity contribution in [2.45, 2.75) is 53.6 Å². The topological polar surface area (TPSA) is 29.9 Å². The molecule has 0 saturated heterocycles. The van der Waals surface area contributed by atoms with E-state index in [-0.39, 0.29) is 0 Å². The van der Waals surface area contributed by atoms with Crippen LogP contribution in [0.25, 0.3) is 0 Å². The van der Waals surface area contributed by atoms with Gasteiger partial charge < -0.3 is 5.32 Å². The zero-order valence-corrected chi connectivity index (χ0v) is 11.2. The molecule has 0 saturated carbocycles. The molecule has 1 atom stereocenters. The van der Waals surface area contributed by atoms with E-state index in [2.05, 4.69) is 51.2 Å². The van der Waals surface area contributed by atoms with Crippen molar-refractivity contribution in [1.29, 1.82) is 0 Å². The molecule has 0 spiro atoms. The summed E-state index contributed by atoms with van der Waals surface area (Å²) < 4.78 is 2.01. The largest absolute Gasteiger partial charge is 0.314 e. The van der Waals surface area contributed by atoms with Gasteiger partial charge in [0.2, 0.25) is 0 Å². The molecule has 1 unspecified atom stereocenters. The first-order valence-electron chi connectivity index (χ1n) is 6.12. The Bertz CT molecular complexity index is 309. The summed E-state index contributed by atoms with van der Waals surface area (Å²) in [6.45, 7) is 13.2. The van der Waals surface area contributed by atoms with Gasteiger partial charge in [-0.3, -0.25) is 4.68 Å². The minimum absolute atomic E-state index is 0.336. The number of hydrogen-bond donors (Lipinski definition) is 1. The standard InChI is InChI=1S/C13H25N3/c1-11-9-15-16(10-11)8-6-7-14-12(2)13(3,4)5/h9-10,12,14H,6-8H2,1-5H3.